The Hall–Kier alpha value is -1.27. The van der Waals surface area contributed by atoms with Crippen LogP contribution in [-0.2, 0) is 10.0 Å². The summed E-state index contributed by atoms with van der Waals surface area (Å²) in [6, 6.07) is 5.02. The summed E-state index contributed by atoms with van der Waals surface area (Å²) in [5.74, 6) is 3.36. The van der Waals surface area contributed by atoms with E-state index in [1.165, 1.54) is 38.5 Å². The highest BCUT2D eigenvalue weighted by Gasteiger charge is 2.51. The fourth-order valence-electron chi connectivity index (χ4n) is 6.06. The molecule has 1 aromatic carbocycles. The molecule has 1 N–H and O–H groups in total. The molecule has 4 aliphatic rings. The minimum atomic E-state index is -3.65. The van der Waals surface area contributed by atoms with Crippen molar-refractivity contribution in [3.63, 3.8) is 0 Å². The Morgan fingerprint density at radius 2 is 1.59 bits per heavy atom. The summed E-state index contributed by atoms with van der Waals surface area (Å²) < 4.78 is 40.3. The number of hydrogen-bond acceptors (Lipinski definition) is 4. The van der Waals surface area contributed by atoms with Crippen LogP contribution < -0.4 is 14.2 Å². The fraction of sp³-hybridized carbons (Fsp3) is 0.714. The largest absolute Gasteiger partial charge is 0.494 e. The third kappa shape index (κ3) is 3.83. The monoisotopic (exact) mass is 393 g/mol. The predicted octanol–water partition coefficient (Wildman–Crippen LogP) is 3.98. The Balaban J connectivity index is 1.54. The summed E-state index contributed by atoms with van der Waals surface area (Å²) in [5.41, 5.74) is 0.158. The summed E-state index contributed by atoms with van der Waals surface area (Å²) in [4.78, 5) is 0.181. The third-order valence-electron chi connectivity index (χ3n) is 6.62. The van der Waals surface area contributed by atoms with Crippen molar-refractivity contribution in [2.75, 3.05) is 19.8 Å². The van der Waals surface area contributed by atoms with E-state index >= 15 is 0 Å². The molecule has 150 valence electrons. The van der Waals surface area contributed by atoms with Crippen molar-refractivity contribution in [3.05, 3.63) is 18.2 Å². The lowest BCUT2D eigenvalue weighted by Gasteiger charge is -2.56. The van der Waals surface area contributed by atoms with Gasteiger partial charge in [-0.05, 0) is 87.7 Å². The van der Waals surface area contributed by atoms with E-state index in [1.807, 2.05) is 13.8 Å². The van der Waals surface area contributed by atoms with Crippen molar-refractivity contribution in [1.82, 2.24) is 4.72 Å². The molecule has 4 saturated carbocycles. The molecule has 0 radical (unpaired) electrons. The lowest BCUT2D eigenvalue weighted by molar-refractivity contribution is -0.0487. The summed E-state index contributed by atoms with van der Waals surface area (Å²) >= 11 is 0. The topological polar surface area (TPSA) is 64.6 Å². The first-order valence-electron chi connectivity index (χ1n) is 10.3. The van der Waals surface area contributed by atoms with Gasteiger partial charge in [-0.3, -0.25) is 0 Å². The second kappa shape index (κ2) is 7.28. The van der Waals surface area contributed by atoms with Gasteiger partial charge in [-0.1, -0.05) is 0 Å². The average Bonchev–Trinajstić information content (AvgIpc) is 2.61. The van der Waals surface area contributed by atoms with Gasteiger partial charge in [-0.15, -0.1) is 0 Å². The lowest BCUT2D eigenvalue weighted by atomic mass is 9.50. The van der Waals surface area contributed by atoms with Crippen LogP contribution in [0.1, 0.15) is 52.4 Å². The van der Waals surface area contributed by atoms with Gasteiger partial charge in [0.2, 0.25) is 10.0 Å². The van der Waals surface area contributed by atoms with Gasteiger partial charge < -0.3 is 9.47 Å². The second-order valence-corrected chi connectivity index (χ2v) is 10.5. The van der Waals surface area contributed by atoms with Gasteiger partial charge in [0.1, 0.15) is 16.4 Å². The molecular weight excluding hydrogens is 362 g/mol. The molecule has 4 aliphatic carbocycles. The molecule has 0 aliphatic heterocycles. The van der Waals surface area contributed by atoms with Crippen LogP contribution in [0.3, 0.4) is 0 Å². The molecule has 5 rings (SSSR count). The Labute approximate surface area is 162 Å². The predicted molar refractivity (Wildman–Crippen MR) is 105 cm³/mol. The van der Waals surface area contributed by atoms with E-state index in [0.29, 0.717) is 31.3 Å². The highest BCUT2D eigenvalue weighted by Crippen LogP contribution is 2.59. The maximum absolute atomic E-state index is 13.1. The van der Waals surface area contributed by atoms with Gasteiger partial charge in [0.05, 0.1) is 13.2 Å². The number of rotatable bonds is 8. The molecule has 0 heterocycles. The minimum absolute atomic E-state index is 0.158. The molecule has 1 aromatic rings. The van der Waals surface area contributed by atoms with Gasteiger partial charge in [0.25, 0.3) is 0 Å². The molecule has 0 aromatic heterocycles. The van der Waals surface area contributed by atoms with Crippen molar-refractivity contribution in [1.29, 1.82) is 0 Å². The molecular formula is C21H31NO4S. The van der Waals surface area contributed by atoms with Gasteiger partial charge in [0, 0.05) is 12.6 Å². The standard InChI is InChI=1S/C21H31NO4S/c1-3-25-18-5-6-19(26-4-2)20(10-18)27(23,24)22-14-21-11-15-7-16(12-21)9-17(8-15)13-21/h5-6,10,15-17,22H,3-4,7-9,11-14H2,1-2H3. The van der Waals surface area contributed by atoms with Gasteiger partial charge in [-0.2, -0.15) is 0 Å². The van der Waals surface area contributed by atoms with Gasteiger partial charge >= 0.3 is 0 Å². The highest BCUT2D eigenvalue weighted by molar-refractivity contribution is 7.89. The van der Waals surface area contributed by atoms with Crippen molar-refractivity contribution in [2.24, 2.45) is 23.2 Å². The van der Waals surface area contributed by atoms with E-state index in [2.05, 4.69) is 4.72 Å². The van der Waals surface area contributed by atoms with Crippen LogP contribution in [0.15, 0.2) is 23.1 Å². The molecule has 0 atom stereocenters. The Kier molecular flexibility index (Phi) is 5.14. The van der Waals surface area contributed by atoms with E-state index in [0.717, 1.165) is 17.8 Å². The summed E-state index contributed by atoms with van der Waals surface area (Å²) in [5, 5.41) is 0. The van der Waals surface area contributed by atoms with Crippen molar-refractivity contribution < 1.29 is 17.9 Å². The smallest absolute Gasteiger partial charge is 0.244 e. The molecule has 4 bridgehead atoms. The van der Waals surface area contributed by atoms with Crippen molar-refractivity contribution in [3.8, 4) is 11.5 Å². The summed E-state index contributed by atoms with van der Waals surface area (Å²) in [6.07, 6.45) is 7.61. The van der Waals surface area contributed by atoms with Crippen LogP contribution >= 0.6 is 0 Å². The zero-order chi connectivity index (χ0) is 19.1. The summed E-state index contributed by atoms with van der Waals surface area (Å²) in [6.45, 7) is 5.20. The SMILES string of the molecule is CCOc1ccc(OCC)c(S(=O)(=O)NCC23CC4CC(CC(C4)C2)C3)c1. The maximum atomic E-state index is 13.1. The third-order valence-corrected chi connectivity index (χ3v) is 8.04. The van der Waals surface area contributed by atoms with Crippen LogP contribution in [-0.4, -0.2) is 28.2 Å². The fourth-order valence-corrected chi connectivity index (χ4v) is 7.38. The number of sulfonamides is 1. The number of nitrogens with one attached hydrogen (secondary N) is 1. The van der Waals surface area contributed by atoms with E-state index in [4.69, 9.17) is 9.47 Å². The van der Waals surface area contributed by atoms with E-state index in [1.54, 1.807) is 18.2 Å². The molecule has 5 nitrogen and oxygen atoms in total. The van der Waals surface area contributed by atoms with Crippen LogP contribution in [0.4, 0.5) is 0 Å². The van der Waals surface area contributed by atoms with E-state index in [9.17, 15) is 8.42 Å². The normalized spacial score (nSPS) is 31.9. The Morgan fingerprint density at radius 3 is 2.15 bits per heavy atom. The number of ether oxygens (including phenoxy) is 2. The minimum Gasteiger partial charge on any atom is -0.494 e. The molecule has 6 heteroatoms. The summed E-state index contributed by atoms with van der Waals surface area (Å²) in [7, 11) is -3.65. The number of hydrogen-bond donors (Lipinski definition) is 1. The first-order valence-corrected chi connectivity index (χ1v) is 11.8. The van der Waals surface area contributed by atoms with Crippen molar-refractivity contribution in [2.45, 2.75) is 57.3 Å². The molecule has 0 spiro atoms. The maximum Gasteiger partial charge on any atom is 0.244 e. The Bertz CT molecular complexity index is 754. The van der Waals surface area contributed by atoms with Crippen LogP contribution in [0.5, 0.6) is 11.5 Å². The van der Waals surface area contributed by atoms with Crippen LogP contribution in [0.2, 0.25) is 0 Å². The van der Waals surface area contributed by atoms with Gasteiger partial charge in [-0.25, -0.2) is 13.1 Å². The van der Waals surface area contributed by atoms with Crippen LogP contribution in [0.25, 0.3) is 0 Å². The average molecular weight is 394 g/mol. The van der Waals surface area contributed by atoms with Crippen LogP contribution in [0, 0.1) is 23.2 Å². The molecule has 0 amide bonds. The molecule has 0 unspecified atom stereocenters. The molecule has 27 heavy (non-hydrogen) atoms. The molecule has 4 fully saturated rings. The van der Waals surface area contributed by atoms with E-state index in [-0.39, 0.29) is 10.3 Å². The molecule has 0 saturated heterocycles. The second-order valence-electron chi connectivity index (χ2n) is 8.72. The Morgan fingerprint density at radius 1 is 1.00 bits per heavy atom. The number of benzene rings is 1. The van der Waals surface area contributed by atoms with E-state index < -0.39 is 10.0 Å². The quantitative estimate of drug-likeness (QED) is 0.726. The lowest BCUT2D eigenvalue weighted by Crippen LogP contribution is -2.51. The zero-order valence-corrected chi connectivity index (χ0v) is 17.2. The zero-order valence-electron chi connectivity index (χ0n) is 16.4. The van der Waals surface area contributed by atoms with Gasteiger partial charge in [0.15, 0.2) is 0 Å². The first kappa shape index (κ1) is 19.1. The first-order chi connectivity index (χ1) is 12.9. The van der Waals surface area contributed by atoms with Crippen molar-refractivity contribution >= 4 is 10.0 Å². The highest BCUT2D eigenvalue weighted by atomic mass is 32.2.